The van der Waals surface area contributed by atoms with Crippen molar-refractivity contribution < 1.29 is 5.11 Å². The molecule has 0 aliphatic carbocycles. The van der Waals surface area contributed by atoms with Crippen molar-refractivity contribution in [1.29, 1.82) is 0 Å². The molecule has 15 heavy (non-hydrogen) atoms. The summed E-state index contributed by atoms with van der Waals surface area (Å²) >= 11 is 3.31. The molecule has 0 radical (unpaired) electrons. The van der Waals surface area contributed by atoms with Crippen molar-refractivity contribution in [2.75, 3.05) is 19.6 Å². The van der Waals surface area contributed by atoms with E-state index >= 15 is 0 Å². The average molecular weight is 294 g/mol. The van der Waals surface area contributed by atoms with Crippen LogP contribution in [-0.4, -0.2) is 24.7 Å². The smallest absolute Gasteiger partial charge is 0.129 e. The Morgan fingerprint density at radius 1 is 1.33 bits per heavy atom. The minimum Gasteiger partial charge on any atom is -0.507 e. The summed E-state index contributed by atoms with van der Waals surface area (Å²) in [4.78, 5) is 0. The lowest BCUT2D eigenvalue weighted by Gasteiger charge is -2.25. The van der Waals surface area contributed by atoms with Crippen molar-refractivity contribution in [3.8, 4) is 5.75 Å². The maximum Gasteiger partial charge on any atom is 0.129 e. The van der Waals surface area contributed by atoms with Crippen LogP contribution in [0.3, 0.4) is 0 Å². The normalized spacial score (nSPS) is 20.7. The zero-order valence-corrected chi connectivity index (χ0v) is 10.6. The number of phenolic OH excluding ortho intramolecular Hbond substituents is 1. The van der Waals surface area contributed by atoms with Gasteiger partial charge in [0.15, 0.2) is 0 Å². The second kappa shape index (κ2) is 5.70. The molecule has 1 aromatic rings. The van der Waals surface area contributed by atoms with Gasteiger partial charge < -0.3 is 15.7 Å². The maximum atomic E-state index is 9.36. The Bertz CT molecular complexity index is 329. The fraction of sp³-hybridized carbons (Fsp3) is 0.400. The van der Waals surface area contributed by atoms with E-state index in [4.69, 9.17) is 0 Å². The van der Waals surface area contributed by atoms with Crippen LogP contribution in [0.15, 0.2) is 22.7 Å². The zero-order valence-electron chi connectivity index (χ0n) is 8.16. The Hall–Kier alpha value is -0.290. The third-order valence-corrected chi connectivity index (χ3v) is 3.05. The molecule has 0 spiro atoms. The Balaban J connectivity index is 0.00000112. The van der Waals surface area contributed by atoms with Gasteiger partial charge in [0.2, 0.25) is 0 Å². The number of benzene rings is 1. The predicted octanol–water partition coefficient (Wildman–Crippen LogP) is 1.81. The quantitative estimate of drug-likeness (QED) is 0.740. The highest BCUT2D eigenvalue weighted by atomic mass is 79.9. The third kappa shape index (κ3) is 3.08. The first kappa shape index (κ1) is 12.8. The van der Waals surface area contributed by atoms with E-state index in [1.807, 2.05) is 12.1 Å². The number of hydrogen-bond acceptors (Lipinski definition) is 3. The summed E-state index contributed by atoms with van der Waals surface area (Å²) in [6.45, 7) is 2.95. The van der Waals surface area contributed by atoms with Gasteiger partial charge in [-0.1, -0.05) is 6.07 Å². The van der Waals surface area contributed by atoms with Crippen LogP contribution in [0.2, 0.25) is 0 Å². The van der Waals surface area contributed by atoms with Crippen molar-refractivity contribution in [2.45, 2.75) is 6.04 Å². The van der Waals surface area contributed by atoms with E-state index in [-0.39, 0.29) is 18.2 Å². The Morgan fingerprint density at radius 3 is 2.73 bits per heavy atom. The Labute approximate surface area is 104 Å². The van der Waals surface area contributed by atoms with Crippen molar-refractivity contribution in [2.24, 2.45) is 0 Å². The summed E-state index contributed by atoms with van der Waals surface area (Å²) in [5.41, 5.74) is 1.20. The van der Waals surface area contributed by atoms with Gasteiger partial charge in [-0.2, -0.15) is 0 Å². The van der Waals surface area contributed by atoms with Crippen LogP contribution in [0.4, 0.5) is 0 Å². The van der Waals surface area contributed by atoms with Gasteiger partial charge in [0.1, 0.15) is 5.75 Å². The van der Waals surface area contributed by atoms with Crippen LogP contribution < -0.4 is 10.6 Å². The van der Waals surface area contributed by atoms with Gasteiger partial charge >= 0.3 is 0 Å². The molecule has 1 fully saturated rings. The Kier molecular flexibility index (Phi) is 4.86. The summed E-state index contributed by atoms with van der Waals surface area (Å²) in [7, 11) is 0. The highest BCUT2D eigenvalue weighted by molar-refractivity contribution is 9.10. The van der Waals surface area contributed by atoms with Gasteiger partial charge in [-0.15, -0.1) is 12.4 Å². The van der Waals surface area contributed by atoms with Crippen molar-refractivity contribution >= 4 is 28.3 Å². The van der Waals surface area contributed by atoms with E-state index < -0.39 is 0 Å². The lowest BCUT2D eigenvalue weighted by atomic mass is 10.1. The molecule has 1 atom stereocenters. The number of nitrogens with one attached hydrogen (secondary N) is 2. The van der Waals surface area contributed by atoms with E-state index in [1.165, 1.54) is 5.56 Å². The van der Waals surface area contributed by atoms with Crippen LogP contribution >= 0.6 is 28.3 Å². The average Bonchev–Trinajstić information content (AvgIpc) is 2.23. The summed E-state index contributed by atoms with van der Waals surface area (Å²) in [5.74, 6) is 0.289. The van der Waals surface area contributed by atoms with E-state index in [0.29, 0.717) is 6.04 Å². The van der Waals surface area contributed by atoms with Gasteiger partial charge in [-0.25, -0.2) is 0 Å². The molecular weight excluding hydrogens is 279 g/mol. The molecule has 1 aliphatic rings. The summed E-state index contributed by atoms with van der Waals surface area (Å²) in [5, 5.41) is 16.1. The SMILES string of the molecule is Cl.Oc1ccc([C@H]2CNCCN2)cc1Br. The summed E-state index contributed by atoms with van der Waals surface area (Å²) in [6.07, 6.45) is 0. The molecule has 0 saturated carbocycles. The number of piperazine rings is 1. The van der Waals surface area contributed by atoms with Crippen LogP contribution in [0.1, 0.15) is 11.6 Å². The molecule has 0 aromatic heterocycles. The summed E-state index contributed by atoms with van der Waals surface area (Å²) in [6, 6.07) is 5.97. The van der Waals surface area contributed by atoms with Crippen LogP contribution in [-0.2, 0) is 0 Å². The van der Waals surface area contributed by atoms with Crippen LogP contribution in [0.25, 0.3) is 0 Å². The highest BCUT2D eigenvalue weighted by Crippen LogP contribution is 2.27. The molecule has 1 aromatic carbocycles. The van der Waals surface area contributed by atoms with E-state index in [0.717, 1.165) is 24.1 Å². The number of halogens is 2. The van der Waals surface area contributed by atoms with Gasteiger partial charge in [0, 0.05) is 25.7 Å². The van der Waals surface area contributed by atoms with Crippen molar-refractivity contribution in [3.05, 3.63) is 28.2 Å². The minimum atomic E-state index is 0. The molecule has 3 N–H and O–H groups in total. The van der Waals surface area contributed by atoms with E-state index in [2.05, 4.69) is 26.6 Å². The fourth-order valence-corrected chi connectivity index (χ4v) is 2.03. The van der Waals surface area contributed by atoms with Crippen LogP contribution in [0, 0.1) is 0 Å². The van der Waals surface area contributed by atoms with Crippen LogP contribution in [0.5, 0.6) is 5.75 Å². The summed E-state index contributed by atoms with van der Waals surface area (Å²) < 4.78 is 0.752. The molecule has 3 nitrogen and oxygen atoms in total. The Morgan fingerprint density at radius 2 is 2.13 bits per heavy atom. The van der Waals surface area contributed by atoms with Gasteiger partial charge in [-0.3, -0.25) is 0 Å². The van der Waals surface area contributed by atoms with E-state index in [1.54, 1.807) is 6.07 Å². The second-order valence-corrected chi connectivity index (χ2v) is 4.28. The largest absolute Gasteiger partial charge is 0.507 e. The molecule has 0 unspecified atom stereocenters. The maximum absolute atomic E-state index is 9.36. The van der Waals surface area contributed by atoms with Gasteiger partial charge in [-0.05, 0) is 33.6 Å². The standard InChI is InChI=1S/C10H13BrN2O.ClH/c11-8-5-7(1-2-10(8)14)9-6-12-3-4-13-9;/h1-2,5,9,12-14H,3-4,6H2;1H/t9-;/m1./s1. The first-order chi connectivity index (χ1) is 6.77. The first-order valence-electron chi connectivity index (χ1n) is 4.70. The predicted molar refractivity (Wildman–Crippen MR) is 66.7 cm³/mol. The molecule has 0 bridgehead atoms. The number of phenols is 1. The molecule has 2 rings (SSSR count). The molecule has 84 valence electrons. The number of hydrogen-bond donors (Lipinski definition) is 3. The topological polar surface area (TPSA) is 44.3 Å². The van der Waals surface area contributed by atoms with Gasteiger partial charge in [0.25, 0.3) is 0 Å². The lowest BCUT2D eigenvalue weighted by molar-refractivity contribution is 0.428. The lowest BCUT2D eigenvalue weighted by Crippen LogP contribution is -2.42. The molecule has 1 saturated heterocycles. The third-order valence-electron chi connectivity index (χ3n) is 2.42. The number of rotatable bonds is 1. The molecule has 0 amide bonds. The molecule has 5 heteroatoms. The fourth-order valence-electron chi connectivity index (χ4n) is 1.63. The molecule has 1 aliphatic heterocycles. The molecule has 1 heterocycles. The number of aromatic hydroxyl groups is 1. The first-order valence-corrected chi connectivity index (χ1v) is 5.49. The van der Waals surface area contributed by atoms with Gasteiger partial charge in [0.05, 0.1) is 4.47 Å². The van der Waals surface area contributed by atoms with Crippen molar-refractivity contribution in [1.82, 2.24) is 10.6 Å². The van der Waals surface area contributed by atoms with E-state index in [9.17, 15) is 5.11 Å². The van der Waals surface area contributed by atoms with Crippen molar-refractivity contribution in [3.63, 3.8) is 0 Å². The second-order valence-electron chi connectivity index (χ2n) is 3.42. The zero-order chi connectivity index (χ0) is 9.97. The monoisotopic (exact) mass is 292 g/mol. The minimum absolute atomic E-state index is 0. The highest BCUT2D eigenvalue weighted by Gasteiger charge is 2.14. The molecular formula is C10H14BrClN2O.